The zero-order chi connectivity index (χ0) is 18.0. The van der Waals surface area contributed by atoms with Crippen molar-refractivity contribution in [1.82, 2.24) is 4.90 Å². The second-order valence-corrected chi connectivity index (χ2v) is 6.19. The summed E-state index contributed by atoms with van der Waals surface area (Å²) in [4.78, 5) is 36.2. The molecule has 1 N–H and O–H groups in total. The number of likely N-dealkylation sites (tertiary alicyclic amines) is 1. The highest BCUT2D eigenvalue weighted by Gasteiger charge is 2.27. The summed E-state index contributed by atoms with van der Waals surface area (Å²) in [6.45, 7) is 2.53. The van der Waals surface area contributed by atoms with Gasteiger partial charge in [0.2, 0.25) is 0 Å². The van der Waals surface area contributed by atoms with E-state index in [-0.39, 0.29) is 18.4 Å². The highest BCUT2D eigenvalue weighted by atomic mass is 16.5. The molecule has 1 aliphatic rings. The molecule has 132 valence electrons. The fourth-order valence-corrected chi connectivity index (χ4v) is 3.01. The first-order chi connectivity index (χ1) is 11.9. The number of amides is 1. The lowest BCUT2D eigenvalue weighted by atomic mass is 9.97. The van der Waals surface area contributed by atoms with Crippen molar-refractivity contribution in [3.05, 3.63) is 40.2 Å². The van der Waals surface area contributed by atoms with E-state index in [4.69, 9.17) is 14.3 Å². The number of carboxylic acid groups (broad SMARTS) is 1. The maximum atomic E-state index is 12.2. The molecule has 1 aliphatic heterocycles. The van der Waals surface area contributed by atoms with Crippen molar-refractivity contribution in [2.75, 3.05) is 19.7 Å². The molecule has 1 aromatic heterocycles. The molecular weight excluding hydrogens is 326 g/mol. The number of aliphatic carboxylic acids is 1. The van der Waals surface area contributed by atoms with Gasteiger partial charge in [0.15, 0.2) is 6.61 Å². The molecular formula is C18H19NO6. The minimum atomic E-state index is -0.809. The molecule has 7 heteroatoms. The fraction of sp³-hybridized carbons (Fsp3) is 0.389. The van der Waals surface area contributed by atoms with Crippen molar-refractivity contribution < 1.29 is 23.8 Å². The number of aryl methyl sites for hydroxylation is 1. The third-order valence-electron chi connectivity index (χ3n) is 4.48. The van der Waals surface area contributed by atoms with Crippen LogP contribution in [-0.4, -0.2) is 41.6 Å². The van der Waals surface area contributed by atoms with Gasteiger partial charge in [-0.05, 0) is 37.5 Å². The van der Waals surface area contributed by atoms with Crippen LogP contribution in [0.25, 0.3) is 11.0 Å². The maximum Gasteiger partial charge on any atom is 0.336 e. The molecule has 2 heterocycles. The Bertz CT molecular complexity index is 863. The Hall–Kier alpha value is -2.83. The number of fused-ring (bicyclic) bond motifs is 1. The molecule has 0 aliphatic carbocycles. The van der Waals surface area contributed by atoms with Crippen molar-refractivity contribution in [2.24, 2.45) is 5.92 Å². The largest absolute Gasteiger partial charge is 0.484 e. The van der Waals surface area contributed by atoms with Gasteiger partial charge in [-0.15, -0.1) is 0 Å². The van der Waals surface area contributed by atoms with Gasteiger partial charge in [-0.1, -0.05) is 0 Å². The van der Waals surface area contributed by atoms with Crippen molar-refractivity contribution in [3.63, 3.8) is 0 Å². The second kappa shape index (κ2) is 6.96. The van der Waals surface area contributed by atoms with Crippen LogP contribution in [0.2, 0.25) is 0 Å². The zero-order valence-electron chi connectivity index (χ0n) is 13.9. The zero-order valence-corrected chi connectivity index (χ0v) is 13.9. The highest BCUT2D eigenvalue weighted by Crippen LogP contribution is 2.22. The summed E-state index contributed by atoms with van der Waals surface area (Å²) in [5.41, 5.74) is 0.798. The smallest absolute Gasteiger partial charge is 0.336 e. The van der Waals surface area contributed by atoms with Gasteiger partial charge in [0.05, 0.1) is 5.92 Å². The van der Waals surface area contributed by atoms with Crippen LogP contribution < -0.4 is 10.4 Å². The quantitative estimate of drug-likeness (QED) is 0.849. The Morgan fingerprint density at radius 2 is 2.00 bits per heavy atom. The number of hydrogen-bond donors (Lipinski definition) is 1. The van der Waals surface area contributed by atoms with Crippen LogP contribution in [0.1, 0.15) is 18.4 Å². The summed E-state index contributed by atoms with van der Waals surface area (Å²) in [7, 11) is 0. The summed E-state index contributed by atoms with van der Waals surface area (Å²) < 4.78 is 10.7. The molecule has 0 saturated carbocycles. The van der Waals surface area contributed by atoms with Crippen LogP contribution in [0.4, 0.5) is 0 Å². The molecule has 0 bridgehead atoms. The van der Waals surface area contributed by atoms with E-state index >= 15 is 0 Å². The first-order valence-corrected chi connectivity index (χ1v) is 8.12. The monoisotopic (exact) mass is 345 g/mol. The predicted octanol–water partition coefficient (Wildman–Crippen LogP) is 1.80. The van der Waals surface area contributed by atoms with E-state index < -0.39 is 11.6 Å². The van der Waals surface area contributed by atoms with E-state index in [0.717, 1.165) is 10.9 Å². The Labute approximate surface area is 143 Å². The Morgan fingerprint density at radius 3 is 2.68 bits per heavy atom. The molecule has 3 rings (SSSR count). The van der Waals surface area contributed by atoms with Crippen LogP contribution >= 0.6 is 0 Å². The van der Waals surface area contributed by atoms with Crippen LogP contribution in [0, 0.1) is 12.8 Å². The summed E-state index contributed by atoms with van der Waals surface area (Å²) in [5, 5.41) is 9.80. The van der Waals surface area contributed by atoms with Crippen LogP contribution in [0.15, 0.2) is 33.5 Å². The molecule has 2 aromatic rings. The number of carbonyl (C=O) groups excluding carboxylic acids is 1. The lowest BCUT2D eigenvalue weighted by molar-refractivity contribution is -0.146. The Morgan fingerprint density at radius 1 is 1.28 bits per heavy atom. The molecule has 0 unspecified atom stereocenters. The van der Waals surface area contributed by atoms with Crippen molar-refractivity contribution >= 4 is 22.8 Å². The minimum Gasteiger partial charge on any atom is -0.484 e. The number of ether oxygens (including phenoxy) is 1. The van der Waals surface area contributed by atoms with Gasteiger partial charge < -0.3 is 19.2 Å². The number of hydrogen-bond acceptors (Lipinski definition) is 5. The van der Waals surface area contributed by atoms with Crippen LogP contribution in [-0.2, 0) is 9.59 Å². The number of carboxylic acids is 1. The van der Waals surface area contributed by atoms with E-state index in [1.54, 1.807) is 23.1 Å². The first kappa shape index (κ1) is 17.0. The maximum absolute atomic E-state index is 12.2. The van der Waals surface area contributed by atoms with Gasteiger partial charge in [0.1, 0.15) is 11.3 Å². The number of carbonyl (C=O) groups is 2. The fourth-order valence-electron chi connectivity index (χ4n) is 3.01. The highest BCUT2D eigenvalue weighted by molar-refractivity contribution is 5.82. The SMILES string of the molecule is Cc1cc(=O)oc2cc(OCC(=O)N3CCC(C(=O)O)CC3)ccc12. The van der Waals surface area contributed by atoms with Gasteiger partial charge in [-0.2, -0.15) is 0 Å². The van der Waals surface area contributed by atoms with Gasteiger partial charge in [-0.25, -0.2) is 4.79 Å². The van der Waals surface area contributed by atoms with Gasteiger partial charge in [0, 0.05) is 30.6 Å². The van der Waals surface area contributed by atoms with Crippen molar-refractivity contribution in [3.8, 4) is 5.75 Å². The minimum absolute atomic E-state index is 0.140. The molecule has 1 aromatic carbocycles. The van der Waals surface area contributed by atoms with E-state index in [1.165, 1.54) is 6.07 Å². The van der Waals surface area contributed by atoms with Gasteiger partial charge in [-0.3, -0.25) is 9.59 Å². The van der Waals surface area contributed by atoms with Crippen LogP contribution in [0.3, 0.4) is 0 Å². The average molecular weight is 345 g/mol. The standard InChI is InChI=1S/C18H19NO6/c1-11-8-17(21)25-15-9-13(2-3-14(11)15)24-10-16(20)19-6-4-12(5-7-19)18(22)23/h2-3,8-9,12H,4-7,10H2,1H3,(H,22,23). The second-order valence-electron chi connectivity index (χ2n) is 6.19. The topological polar surface area (TPSA) is 97.0 Å². The number of benzene rings is 1. The molecule has 0 spiro atoms. The Kier molecular flexibility index (Phi) is 4.74. The third-order valence-corrected chi connectivity index (χ3v) is 4.48. The lowest BCUT2D eigenvalue weighted by Gasteiger charge is -2.30. The average Bonchev–Trinajstić information content (AvgIpc) is 2.59. The Balaban J connectivity index is 1.62. The molecule has 0 atom stereocenters. The summed E-state index contributed by atoms with van der Waals surface area (Å²) in [6.07, 6.45) is 0.920. The van der Waals surface area contributed by atoms with Gasteiger partial charge >= 0.3 is 11.6 Å². The van der Waals surface area contributed by atoms with Crippen LogP contribution in [0.5, 0.6) is 5.75 Å². The van der Waals surface area contributed by atoms with E-state index in [2.05, 4.69) is 0 Å². The number of nitrogens with zero attached hydrogens (tertiary/aromatic N) is 1. The number of piperidine rings is 1. The molecule has 25 heavy (non-hydrogen) atoms. The third kappa shape index (κ3) is 3.81. The normalized spacial score (nSPS) is 15.3. The van der Waals surface area contributed by atoms with E-state index in [9.17, 15) is 14.4 Å². The molecule has 1 saturated heterocycles. The van der Waals surface area contributed by atoms with E-state index in [1.807, 2.05) is 6.92 Å². The van der Waals surface area contributed by atoms with Gasteiger partial charge in [0.25, 0.3) is 5.91 Å². The van der Waals surface area contributed by atoms with Crippen molar-refractivity contribution in [2.45, 2.75) is 19.8 Å². The molecule has 1 fully saturated rings. The molecule has 1 amide bonds. The van der Waals surface area contributed by atoms with Crippen molar-refractivity contribution in [1.29, 1.82) is 0 Å². The summed E-state index contributed by atoms with van der Waals surface area (Å²) in [6, 6.07) is 6.52. The summed E-state index contributed by atoms with van der Waals surface area (Å²) >= 11 is 0. The first-order valence-electron chi connectivity index (χ1n) is 8.12. The lowest BCUT2D eigenvalue weighted by Crippen LogP contribution is -2.42. The van der Waals surface area contributed by atoms with E-state index in [0.29, 0.717) is 37.3 Å². The summed E-state index contributed by atoms with van der Waals surface area (Å²) in [5.74, 6) is -0.933. The number of rotatable bonds is 4. The molecule has 7 nitrogen and oxygen atoms in total. The predicted molar refractivity (Wildman–Crippen MR) is 89.7 cm³/mol. The molecule has 0 radical (unpaired) electrons.